The number of ether oxygens (including phenoxy) is 2. The summed E-state index contributed by atoms with van der Waals surface area (Å²) in [7, 11) is 4.98. The first kappa shape index (κ1) is 16.4. The lowest BCUT2D eigenvalue weighted by molar-refractivity contribution is 0.0285. The summed E-state index contributed by atoms with van der Waals surface area (Å²) >= 11 is 0. The van der Waals surface area contributed by atoms with E-state index in [1.165, 1.54) is 0 Å². The van der Waals surface area contributed by atoms with Crippen LogP contribution in [0.4, 0.5) is 5.82 Å². The van der Waals surface area contributed by atoms with Gasteiger partial charge in [0.05, 0.1) is 12.7 Å². The fraction of sp³-hybridized carbons (Fsp3) is 0.571. The molecule has 1 heterocycles. The maximum absolute atomic E-state index is 12.1. The number of aryl methyl sites for hydroxylation is 1. The molecule has 0 aliphatic rings. The summed E-state index contributed by atoms with van der Waals surface area (Å²) in [6.45, 7) is 2.85. The molecule has 1 amide bonds. The van der Waals surface area contributed by atoms with Gasteiger partial charge >= 0.3 is 0 Å². The molecule has 1 rings (SSSR count). The van der Waals surface area contributed by atoms with Crippen molar-refractivity contribution in [2.45, 2.75) is 19.4 Å². The fourth-order valence-corrected chi connectivity index (χ4v) is 1.73. The standard InChI is InChI=1S/C14H23N3O3/c1-5-11-6-10(7-13(15-2)17-11)14(18)16-8-12(20-4)9-19-3/h6-7,12H,5,8-9H2,1-4H3,(H,15,17)(H,16,18). The van der Waals surface area contributed by atoms with Gasteiger partial charge in [-0.1, -0.05) is 6.92 Å². The van der Waals surface area contributed by atoms with E-state index in [-0.39, 0.29) is 12.0 Å². The van der Waals surface area contributed by atoms with Crippen molar-refractivity contribution in [1.82, 2.24) is 10.3 Å². The summed E-state index contributed by atoms with van der Waals surface area (Å²) in [5.41, 5.74) is 1.47. The number of pyridine rings is 1. The van der Waals surface area contributed by atoms with Crippen LogP contribution in [-0.4, -0.2) is 51.4 Å². The highest BCUT2D eigenvalue weighted by molar-refractivity contribution is 5.95. The van der Waals surface area contributed by atoms with Crippen LogP contribution in [0.5, 0.6) is 0 Å². The van der Waals surface area contributed by atoms with Gasteiger partial charge in [-0.2, -0.15) is 0 Å². The Kier molecular flexibility index (Phi) is 6.97. The predicted octanol–water partition coefficient (Wildman–Crippen LogP) is 1.08. The Morgan fingerprint density at radius 1 is 1.40 bits per heavy atom. The minimum absolute atomic E-state index is 0.142. The van der Waals surface area contributed by atoms with Crippen molar-refractivity contribution in [3.63, 3.8) is 0 Å². The smallest absolute Gasteiger partial charge is 0.251 e. The van der Waals surface area contributed by atoms with Crippen molar-refractivity contribution in [2.24, 2.45) is 0 Å². The lowest BCUT2D eigenvalue weighted by Crippen LogP contribution is -2.35. The molecule has 20 heavy (non-hydrogen) atoms. The van der Waals surface area contributed by atoms with Crippen LogP contribution >= 0.6 is 0 Å². The number of nitrogens with zero attached hydrogens (tertiary/aromatic N) is 1. The summed E-state index contributed by atoms with van der Waals surface area (Å²) < 4.78 is 10.2. The summed E-state index contributed by atoms with van der Waals surface area (Å²) in [5.74, 6) is 0.548. The van der Waals surface area contributed by atoms with Gasteiger partial charge in [-0.05, 0) is 18.6 Å². The molecule has 0 saturated carbocycles. The highest BCUT2D eigenvalue weighted by Gasteiger charge is 2.12. The van der Waals surface area contributed by atoms with E-state index in [1.807, 2.05) is 6.92 Å². The number of methoxy groups -OCH3 is 2. The van der Waals surface area contributed by atoms with Crippen LogP contribution in [0, 0.1) is 0 Å². The Bertz CT molecular complexity index is 415. The molecule has 0 aromatic carbocycles. The Labute approximate surface area is 119 Å². The van der Waals surface area contributed by atoms with Crippen molar-refractivity contribution in [1.29, 1.82) is 0 Å². The molecule has 1 atom stereocenters. The average Bonchev–Trinajstić information content (AvgIpc) is 2.50. The zero-order chi connectivity index (χ0) is 15.0. The van der Waals surface area contributed by atoms with Crippen molar-refractivity contribution in [2.75, 3.05) is 39.7 Å². The van der Waals surface area contributed by atoms with Gasteiger partial charge in [-0.25, -0.2) is 4.98 Å². The van der Waals surface area contributed by atoms with E-state index >= 15 is 0 Å². The molecule has 1 aromatic heterocycles. The molecule has 0 saturated heterocycles. The molecule has 2 N–H and O–H groups in total. The van der Waals surface area contributed by atoms with Gasteiger partial charge in [0.25, 0.3) is 5.91 Å². The van der Waals surface area contributed by atoms with Gasteiger partial charge in [-0.15, -0.1) is 0 Å². The minimum atomic E-state index is -0.153. The topological polar surface area (TPSA) is 72.5 Å². The van der Waals surface area contributed by atoms with E-state index in [9.17, 15) is 4.79 Å². The van der Waals surface area contributed by atoms with Crippen molar-refractivity contribution < 1.29 is 14.3 Å². The third-order valence-electron chi connectivity index (χ3n) is 2.94. The van der Waals surface area contributed by atoms with Crippen LogP contribution in [0.2, 0.25) is 0 Å². The zero-order valence-electron chi connectivity index (χ0n) is 12.5. The van der Waals surface area contributed by atoms with Crippen LogP contribution in [0.1, 0.15) is 23.0 Å². The Morgan fingerprint density at radius 2 is 2.15 bits per heavy atom. The maximum atomic E-state index is 12.1. The van der Waals surface area contributed by atoms with Gasteiger partial charge in [-0.3, -0.25) is 4.79 Å². The molecule has 0 radical (unpaired) electrons. The molecule has 0 spiro atoms. The lowest BCUT2D eigenvalue weighted by Gasteiger charge is -2.15. The van der Waals surface area contributed by atoms with Gasteiger partial charge in [0.2, 0.25) is 0 Å². The van der Waals surface area contributed by atoms with Crippen molar-refractivity contribution in [3.05, 3.63) is 23.4 Å². The second-order valence-electron chi connectivity index (χ2n) is 4.36. The number of carbonyl (C=O) groups is 1. The predicted molar refractivity (Wildman–Crippen MR) is 78.2 cm³/mol. The van der Waals surface area contributed by atoms with Crippen LogP contribution in [0.15, 0.2) is 12.1 Å². The summed E-state index contributed by atoms with van der Waals surface area (Å²) in [5, 5.41) is 5.80. The second kappa shape index (κ2) is 8.50. The van der Waals surface area contributed by atoms with Crippen LogP contribution in [0.25, 0.3) is 0 Å². The highest BCUT2D eigenvalue weighted by Crippen LogP contribution is 2.10. The lowest BCUT2D eigenvalue weighted by atomic mass is 10.1. The first-order chi connectivity index (χ1) is 9.64. The van der Waals surface area contributed by atoms with E-state index in [2.05, 4.69) is 15.6 Å². The number of aromatic nitrogens is 1. The van der Waals surface area contributed by atoms with Gasteiger partial charge in [0.1, 0.15) is 5.82 Å². The monoisotopic (exact) mass is 281 g/mol. The number of hydrogen-bond donors (Lipinski definition) is 2. The SMILES string of the molecule is CCc1cc(C(=O)NCC(COC)OC)cc(NC)n1. The van der Waals surface area contributed by atoms with Gasteiger partial charge in [0, 0.05) is 39.1 Å². The van der Waals surface area contributed by atoms with Crippen LogP contribution in [0.3, 0.4) is 0 Å². The number of rotatable bonds is 8. The van der Waals surface area contributed by atoms with Crippen LogP contribution < -0.4 is 10.6 Å². The van der Waals surface area contributed by atoms with Crippen molar-refractivity contribution in [3.8, 4) is 0 Å². The number of nitrogens with one attached hydrogen (secondary N) is 2. The number of carbonyl (C=O) groups excluding carboxylic acids is 1. The van der Waals surface area contributed by atoms with E-state index in [1.54, 1.807) is 33.4 Å². The highest BCUT2D eigenvalue weighted by atomic mass is 16.5. The first-order valence-electron chi connectivity index (χ1n) is 6.63. The third-order valence-corrected chi connectivity index (χ3v) is 2.94. The van der Waals surface area contributed by atoms with E-state index in [0.29, 0.717) is 24.5 Å². The second-order valence-corrected chi connectivity index (χ2v) is 4.36. The normalized spacial score (nSPS) is 12.0. The number of anilines is 1. The van der Waals surface area contributed by atoms with E-state index in [0.717, 1.165) is 12.1 Å². The number of amides is 1. The summed E-state index contributed by atoms with van der Waals surface area (Å²) in [4.78, 5) is 16.5. The zero-order valence-corrected chi connectivity index (χ0v) is 12.5. The quantitative estimate of drug-likeness (QED) is 0.746. The molecule has 1 unspecified atom stereocenters. The Balaban J connectivity index is 2.71. The third kappa shape index (κ3) is 4.79. The molecule has 0 aliphatic heterocycles. The molecular formula is C14H23N3O3. The summed E-state index contributed by atoms with van der Waals surface area (Å²) in [6.07, 6.45) is 0.625. The molecular weight excluding hydrogens is 258 g/mol. The molecule has 6 heteroatoms. The molecule has 1 aromatic rings. The minimum Gasteiger partial charge on any atom is -0.382 e. The average molecular weight is 281 g/mol. The molecule has 112 valence electrons. The molecule has 0 aliphatic carbocycles. The van der Waals surface area contributed by atoms with E-state index in [4.69, 9.17) is 9.47 Å². The Morgan fingerprint density at radius 3 is 2.70 bits per heavy atom. The van der Waals surface area contributed by atoms with Crippen molar-refractivity contribution >= 4 is 11.7 Å². The summed E-state index contributed by atoms with van der Waals surface area (Å²) in [6, 6.07) is 3.53. The largest absolute Gasteiger partial charge is 0.382 e. The molecule has 0 bridgehead atoms. The first-order valence-corrected chi connectivity index (χ1v) is 6.63. The van der Waals surface area contributed by atoms with Gasteiger partial charge in [0.15, 0.2) is 0 Å². The fourth-order valence-electron chi connectivity index (χ4n) is 1.73. The molecule has 0 fully saturated rings. The van der Waals surface area contributed by atoms with E-state index < -0.39 is 0 Å². The van der Waals surface area contributed by atoms with Gasteiger partial charge < -0.3 is 20.1 Å². The number of hydrogen-bond acceptors (Lipinski definition) is 5. The van der Waals surface area contributed by atoms with Crippen LogP contribution in [-0.2, 0) is 15.9 Å². The maximum Gasteiger partial charge on any atom is 0.251 e. The Hall–Kier alpha value is -1.66. The molecule has 6 nitrogen and oxygen atoms in total.